The molecule has 2 aliphatic rings. The fourth-order valence-electron chi connectivity index (χ4n) is 2.54. The van der Waals surface area contributed by atoms with Crippen LogP contribution in [0.2, 0.25) is 0 Å². The Bertz CT molecular complexity index is 223. The summed E-state index contributed by atoms with van der Waals surface area (Å²) in [4.78, 5) is 4.75. The van der Waals surface area contributed by atoms with Crippen LogP contribution < -0.4 is 0 Å². The van der Waals surface area contributed by atoms with Gasteiger partial charge in [0.25, 0.3) is 0 Å². The predicted molar refractivity (Wildman–Crippen MR) is 60.4 cm³/mol. The van der Waals surface area contributed by atoms with Gasteiger partial charge in [0.2, 0.25) is 0 Å². The van der Waals surface area contributed by atoms with Crippen LogP contribution in [0.1, 0.15) is 0 Å². The Morgan fingerprint density at radius 3 is 2.69 bits per heavy atom. The van der Waals surface area contributed by atoms with Gasteiger partial charge in [-0.2, -0.15) is 0 Å². The van der Waals surface area contributed by atoms with Gasteiger partial charge in [0, 0.05) is 46.4 Å². The number of ether oxygens (including phenoxy) is 3. The highest BCUT2D eigenvalue weighted by atomic mass is 16.7. The van der Waals surface area contributed by atoms with Gasteiger partial charge in [0.05, 0.1) is 12.7 Å². The van der Waals surface area contributed by atoms with Gasteiger partial charge in [0.1, 0.15) is 0 Å². The highest BCUT2D eigenvalue weighted by Gasteiger charge is 2.38. The van der Waals surface area contributed by atoms with Gasteiger partial charge >= 0.3 is 0 Å². The lowest BCUT2D eigenvalue weighted by Crippen LogP contribution is -2.48. The summed E-state index contributed by atoms with van der Waals surface area (Å²) in [5.41, 5.74) is 0. The fraction of sp³-hybridized carbons (Fsp3) is 1.00. The molecule has 0 bridgehead atoms. The molecule has 16 heavy (non-hydrogen) atoms. The monoisotopic (exact) mass is 230 g/mol. The maximum atomic E-state index is 5.79. The van der Waals surface area contributed by atoms with Gasteiger partial charge < -0.3 is 14.2 Å². The number of hydrogen-bond acceptors (Lipinski definition) is 5. The molecule has 5 nitrogen and oxygen atoms in total. The zero-order chi connectivity index (χ0) is 11.5. The van der Waals surface area contributed by atoms with Crippen molar-refractivity contribution in [2.24, 2.45) is 0 Å². The van der Waals surface area contributed by atoms with Crippen LogP contribution in [0.5, 0.6) is 0 Å². The first-order chi connectivity index (χ1) is 7.74. The number of methoxy groups -OCH3 is 2. The summed E-state index contributed by atoms with van der Waals surface area (Å²) in [5, 5.41) is 0. The van der Waals surface area contributed by atoms with E-state index in [4.69, 9.17) is 14.2 Å². The van der Waals surface area contributed by atoms with Crippen molar-refractivity contribution in [2.45, 2.75) is 18.4 Å². The highest BCUT2D eigenvalue weighted by Crippen LogP contribution is 2.21. The van der Waals surface area contributed by atoms with Gasteiger partial charge in [-0.15, -0.1) is 0 Å². The molecule has 94 valence electrons. The Morgan fingerprint density at radius 1 is 1.31 bits per heavy atom. The first-order valence-corrected chi connectivity index (χ1v) is 5.84. The summed E-state index contributed by atoms with van der Waals surface area (Å²) >= 11 is 0. The van der Waals surface area contributed by atoms with E-state index in [1.807, 2.05) is 0 Å². The molecule has 0 amide bonds. The third-order valence-corrected chi connectivity index (χ3v) is 3.59. The molecule has 2 aliphatic heterocycles. The number of rotatable bonds is 4. The van der Waals surface area contributed by atoms with E-state index in [-0.39, 0.29) is 6.29 Å². The number of likely N-dealkylation sites (tertiary alicyclic amines) is 1. The predicted octanol–water partition coefficient (Wildman–Crippen LogP) is -0.380. The molecule has 0 saturated carbocycles. The third kappa shape index (κ3) is 2.55. The Balaban J connectivity index is 1.86. The highest BCUT2D eigenvalue weighted by molar-refractivity contribution is 4.93. The molecule has 5 heteroatoms. The lowest BCUT2D eigenvalue weighted by atomic mass is 10.1. The molecule has 2 fully saturated rings. The summed E-state index contributed by atoms with van der Waals surface area (Å²) in [5.74, 6) is 0. The molecule has 2 atom stereocenters. The maximum Gasteiger partial charge on any atom is 0.169 e. The molecule has 0 unspecified atom stereocenters. The summed E-state index contributed by atoms with van der Waals surface area (Å²) in [6, 6.07) is 0.531. The molecular weight excluding hydrogens is 208 g/mol. The minimum absolute atomic E-state index is 0.134. The van der Waals surface area contributed by atoms with Crippen LogP contribution in [-0.4, -0.2) is 82.3 Å². The lowest BCUT2D eigenvalue weighted by Gasteiger charge is -2.33. The van der Waals surface area contributed by atoms with Crippen molar-refractivity contribution in [3.63, 3.8) is 0 Å². The summed E-state index contributed by atoms with van der Waals surface area (Å²) in [7, 11) is 5.54. The van der Waals surface area contributed by atoms with Gasteiger partial charge in [-0.25, -0.2) is 0 Å². The van der Waals surface area contributed by atoms with Crippen molar-refractivity contribution in [3.8, 4) is 0 Å². The van der Waals surface area contributed by atoms with Crippen LogP contribution in [0.15, 0.2) is 0 Å². The number of hydrogen-bond donors (Lipinski definition) is 0. The topological polar surface area (TPSA) is 34.2 Å². The average Bonchev–Trinajstić information content (AvgIpc) is 2.70. The Labute approximate surface area is 97.2 Å². The van der Waals surface area contributed by atoms with Gasteiger partial charge in [-0.1, -0.05) is 0 Å². The van der Waals surface area contributed by atoms with Crippen LogP contribution >= 0.6 is 0 Å². The van der Waals surface area contributed by atoms with E-state index >= 15 is 0 Å². The van der Waals surface area contributed by atoms with Crippen molar-refractivity contribution >= 4 is 0 Å². The van der Waals surface area contributed by atoms with Gasteiger partial charge in [0.15, 0.2) is 6.29 Å². The van der Waals surface area contributed by atoms with E-state index < -0.39 is 0 Å². The molecule has 0 radical (unpaired) electrons. The van der Waals surface area contributed by atoms with Crippen LogP contribution in [0.3, 0.4) is 0 Å². The maximum absolute atomic E-state index is 5.79. The molecule has 0 aromatic carbocycles. The van der Waals surface area contributed by atoms with E-state index in [2.05, 4.69) is 16.8 Å². The lowest BCUT2D eigenvalue weighted by molar-refractivity contribution is -0.115. The molecule has 0 aromatic rings. The van der Waals surface area contributed by atoms with Crippen molar-refractivity contribution in [2.75, 3.05) is 54.1 Å². The molecule has 2 heterocycles. The van der Waals surface area contributed by atoms with E-state index in [9.17, 15) is 0 Å². The SMILES string of the molecule is COC(CN1C[C@@H]2OCCN(C)[C@@H]2C1)OC. The standard InChI is InChI=1S/C11H22N2O3/c1-12-4-5-16-10-7-13(6-9(10)12)8-11(14-2)15-3/h9-11H,4-8H2,1-3H3/t9-,10+/m1/s1. The summed E-state index contributed by atoms with van der Waals surface area (Å²) in [6.07, 6.45) is 0.221. The molecule has 0 aromatic heterocycles. The number of likely N-dealkylation sites (N-methyl/N-ethyl adjacent to an activating group) is 1. The molecule has 0 aliphatic carbocycles. The zero-order valence-electron chi connectivity index (χ0n) is 10.4. The quantitative estimate of drug-likeness (QED) is 0.615. The molecule has 2 saturated heterocycles. The van der Waals surface area contributed by atoms with Crippen molar-refractivity contribution in [1.29, 1.82) is 0 Å². The Morgan fingerprint density at radius 2 is 2.06 bits per heavy atom. The van der Waals surface area contributed by atoms with Crippen LogP contribution in [0, 0.1) is 0 Å². The molecule has 0 spiro atoms. The van der Waals surface area contributed by atoms with E-state index in [0.29, 0.717) is 12.1 Å². The minimum atomic E-state index is -0.134. The third-order valence-electron chi connectivity index (χ3n) is 3.59. The van der Waals surface area contributed by atoms with Gasteiger partial charge in [-0.3, -0.25) is 9.80 Å². The smallest absolute Gasteiger partial charge is 0.169 e. The van der Waals surface area contributed by atoms with Crippen LogP contribution in [0.4, 0.5) is 0 Å². The van der Waals surface area contributed by atoms with Crippen LogP contribution in [-0.2, 0) is 14.2 Å². The molecule has 0 N–H and O–H groups in total. The Kier molecular flexibility index (Phi) is 4.16. The van der Waals surface area contributed by atoms with Crippen molar-refractivity contribution in [1.82, 2.24) is 9.80 Å². The fourth-order valence-corrected chi connectivity index (χ4v) is 2.54. The average molecular weight is 230 g/mol. The number of morpholine rings is 1. The number of fused-ring (bicyclic) bond motifs is 1. The largest absolute Gasteiger partial charge is 0.374 e. The van der Waals surface area contributed by atoms with Crippen molar-refractivity contribution < 1.29 is 14.2 Å². The normalized spacial score (nSPS) is 32.2. The van der Waals surface area contributed by atoms with E-state index in [0.717, 1.165) is 32.8 Å². The minimum Gasteiger partial charge on any atom is -0.374 e. The van der Waals surface area contributed by atoms with E-state index in [1.54, 1.807) is 14.2 Å². The van der Waals surface area contributed by atoms with Crippen LogP contribution in [0.25, 0.3) is 0 Å². The summed E-state index contributed by atoms with van der Waals surface area (Å²) in [6.45, 7) is 4.73. The van der Waals surface area contributed by atoms with Gasteiger partial charge in [-0.05, 0) is 7.05 Å². The second-order valence-corrected chi connectivity index (χ2v) is 4.58. The first-order valence-electron chi connectivity index (χ1n) is 5.84. The Hall–Kier alpha value is -0.200. The zero-order valence-corrected chi connectivity index (χ0v) is 10.4. The molecular formula is C11H22N2O3. The van der Waals surface area contributed by atoms with Crippen molar-refractivity contribution in [3.05, 3.63) is 0 Å². The second-order valence-electron chi connectivity index (χ2n) is 4.58. The number of nitrogens with zero attached hydrogens (tertiary/aromatic N) is 2. The first kappa shape index (κ1) is 12.3. The van der Waals surface area contributed by atoms with E-state index in [1.165, 1.54) is 0 Å². The summed E-state index contributed by atoms with van der Waals surface area (Å²) < 4.78 is 16.2. The molecule has 2 rings (SSSR count). The second kappa shape index (κ2) is 5.42.